The summed E-state index contributed by atoms with van der Waals surface area (Å²) in [6.45, 7) is 0.710. The van der Waals surface area contributed by atoms with Crippen LogP contribution in [0.1, 0.15) is 22.3 Å². The summed E-state index contributed by atoms with van der Waals surface area (Å²) in [5.41, 5.74) is -0.350. The van der Waals surface area contributed by atoms with Crippen LogP contribution in [0.2, 0.25) is 0 Å². The number of hydrogen-bond donors (Lipinski definition) is 3. The van der Waals surface area contributed by atoms with Crippen LogP contribution in [0.4, 0.5) is 0 Å². The number of aldehydes is 1. The number of carbonyl (C=O) groups is 1. The van der Waals surface area contributed by atoms with Crippen LogP contribution in [0, 0.1) is 0 Å². The number of nitrogens with one attached hydrogen (secondary N) is 1. The second-order valence-electron chi connectivity index (χ2n) is 3.43. The summed E-state index contributed by atoms with van der Waals surface area (Å²) >= 11 is 0. The topological polar surface area (TPSA) is 69.6 Å². The molecule has 0 bridgehead atoms. The Kier molecular flexibility index (Phi) is 2.02. The van der Waals surface area contributed by atoms with E-state index >= 15 is 0 Å². The molecule has 1 aromatic carbocycles. The molecule has 4 nitrogen and oxygen atoms in total. The Balaban J connectivity index is 2.45. The molecule has 74 valence electrons. The molecule has 1 fully saturated rings. The van der Waals surface area contributed by atoms with Gasteiger partial charge in [-0.15, -0.1) is 0 Å². The molecule has 1 saturated heterocycles. The van der Waals surface area contributed by atoms with Crippen molar-refractivity contribution in [1.29, 1.82) is 0 Å². The van der Waals surface area contributed by atoms with Crippen LogP contribution in [0.15, 0.2) is 18.2 Å². The van der Waals surface area contributed by atoms with E-state index in [-0.39, 0.29) is 5.75 Å². The molecule has 0 aromatic heterocycles. The number of hydrogen-bond acceptors (Lipinski definition) is 4. The maximum absolute atomic E-state index is 10.5. The van der Waals surface area contributed by atoms with Gasteiger partial charge in [0.1, 0.15) is 17.8 Å². The van der Waals surface area contributed by atoms with E-state index in [1.807, 2.05) is 0 Å². The van der Waals surface area contributed by atoms with E-state index in [4.69, 9.17) is 0 Å². The third kappa shape index (κ3) is 1.29. The van der Waals surface area contributed by atoms with Crippen molar-refractivity contribution in [2.45, 2.75) is 12.1 Å². The lowest BCUT2D eigenvalue weighted by molar-refractivity contribution is -0.0622. The first-order valence-electron chi connectivity index (χ1n) is 4.42. The van der Waals surface area contributed by atoms with Gasteiger partial charge in [-0.1, -0.05) is 0 Å². The largest absolute Gasteiger partial charge is 0.508 e. The highest BCUT2D eigenvalue weighted by Crippen LogP contribution is 2.34. The number of carbonyl (C=O) groups excluding carboxylic acids is 1. The molecule has 0 spiro atoms. The number of aromatic hydroxyl groups is 1. The van der Waals surface area contributed by atoms with Crippen molar-refractivity contribution in [2.75, 3.05) is 6.54 Å². The summed E-state index contributed by atoms with van der Waals surface area (Å²) in [5, 5.41) is 22.2. The third-order valence-electron chi connectivity index (χ3n) is 2.51. The van der Waals surface area contributed by atoms with Crippen molar-refractivity contribution in [3.05, 3.63) is 29.3 Å². The first-order chi connectivity index (χ1) is 6.65. The minimum Gasteiger partial charge on any atom is -0.508 e. The van der Waals surface area contributed by atoms with Gasteiger partial charge in [-0.05, 0) is 18.2 Å². The number of phenolic OH excluding ortho intramolecular Hbond substituents is 1. The maximum Gasteiger partial charge on any atom is 0.150 e. The smallest absolute Gasteiger partial charge is 0.150 e. The molecule has 2 rings (SSSR count). The van der Waals surface area contributed by atoms with Gasteiger partial charge < -0.3 is 10.2 Å². The van der Waals surface area contributed by atoms with Crippen molar-refractivity contribution < 1.29 is 15.0 Å². The monoisotopic (exact) mass is 193 g/mol. The first kappa shape index (κ1) is 9.18. The summed E-state index contributed by atoms with van der Waals surface area (Å²) in [6.07, 6.45) is 1.23. The predicted molar refractivity (Wildman–Crippen MR) is 50.0 cm³/mol. The molecule has 3 N–H and O–H groups in total. The SMILES string of the molecule is O=Cc1ccc(O)c([C@@]2(O)CCN2)c1. The van der Waals surface area contributed by atoms with Gasteiger partial charge >= 0.3 is 0 Å². The van der Waals surface area contributed by atoms with Crippen molar-refractivity contribution in [3.8, 4) is 5.75 Å². The Bertz CT molecular complexity index is 372. The maximum atomic E-state index is 10.5. The Hall–Kier alpha value is -1.39. The van der Waals surface area contributed by atoms with Gasteiger partial charge in [0.2, 0.25) is 0 Å². The van der Waals surface area contributed by atoms with Crippen molar-refractivity contribution in [3.63, 3.8) is 0 Å². The van der Waals surface area contributed by atoms with Crippen LogP contribution in [0.5, 0.6) is 5.75 Å². The predicted octanol–water partition coefficient (Wildman–Crippen LogP) is 0.343. The Labute approximate surface area is 81.2 Å². The standard InChI is InChI=1S/C10H11NO3/c12-6-7-1-2-9(13)8(5-7)10(14)3-4-11-10/h1-2,5-6,11,13-14H,3-4H2/t10-/m0/s1. The third-order valence-corrected chi connectivity index (χ3v) is 2.51. The number of aliphatic hydroxyl groups is 1. The van der Waals surface area contributed by atoms with Gasteiger partial charge in [0.15, 0.2) is 0 Å². The molecule has 1 atom stereocenters. The van der Waals surface area contributed by atoms with Gasteiger partial charge in [0.05, 0.1) is 0 Å². The lowest BCUT2D eigenvalue weighted by Gasteiger charge is -2.38. The van der Waals surface area contributed by atoms with E-state index in [0.29, 0.717) is 30.4 Å². The highest BCUT2D eigenvalue weighted by atomic mass is 16.3. The average Bonchev–Trinajstić information content (AvgIpc) is 2.15. The molecular weight excluding hydrogens is 182 g/mol. The second-order valence-corrected chi connectivity index (χ2v) is 3.43. The minimum absolute atomic E-state index is 0.00491. The van der Waals surface area contributed by atoms with E-state index in [9.17, 15) is 15.0 Å². The fraction of sp³-hybridized carbons (Fsp3) is 0.300. The Morgan fingerprint density at radius 2 is 2.21 bits per heavy atom. The molecule has 0 amide bonds. The molecular formula is C10H11NO3. The summed E-state index contributed by atoms with van der Waals surface area (Å²) in [4.78, 5) is 10.5. The lowest BCUT2D eigenvalue weighted by Crippen LogP contribution is -2.54. The van der Waals surface area contributed by atoms with Crippen LogP contribution in [-0.4, -0.2) is 23.0 Å². The summed E-state index contributed by atoms with van der Waals surface area (Å²) < 4.78 is 0. The highest BCUT2D eigenvalue weighted by Gasteiger charge is 2.37. The van der Waals surface area contributed by atoms with Crippen molar-refractivity contribution in [1.82, 2.24) is 5.32 Å². The molecule has 0 radical (unpaired) electrons. The minimum atomic E-state index is -1.16. The zero-order valence-electron chi connectivity index (χ0n) is 7.53. The van der Waals surface area contributed by atoms with Gasteiger partial charge in [0, 0.05) is 24.1 Å². The van der Waals surface area contributed by atoms with E-state index in [0.717, 1.165) is 0 Å². The quantitative estimate of drug-likeness (QED) is 0.592. The summed E-state index contributed by atoms with van der Waals surface area (Å²) in [7, 11) is 0. The second kappa shape index (κ2) is 3.08. The van der Waals surface area contributed by atoms with Crippen LogP contribution >= 0.6 is 0 Å². The molecule has 0 unspecified atom stereocenters. The highest BCUT2D eigenvalue weighted by molar-refractivity contribution is 5.75. The van der Waals surface area contributed by atoms with E-state index in [2.05, 4.69) is 5.32 Å². The Morgan fingerprint density at radius 1 is 1.50 bits per heavy atom. The molecule has 1 aliphatic heterocycles. The molecule has 1 heterocycles. The average molecular weight is 193 g/mol. The normalized spacial score (nSPS) is 25.5. The summed E-state index contributed by atoms with van der Waals surface area (Å²) in [6, 6.07) is 4.42. The van der Waals surface area contributed by atoms with Crippen LogP contribution in [0.25, 0.3) is 0 Å². The molecule has 0 aliphatic carbocycles. The molecule has 4 heteroatoms. The van der Waals surface area contributed by atoms with Gasteiger partial charge in [-0.25, -0.2) is 0 Å². The van der Waals surface area contributed by atoms with Gasteiger partial charge in [0.25, 0.3) is 0 Å². The van der Waals surface area contributed by atoms with Crippen LogP contribution in [0.3, 0.4) is 0 Å². The molecule has 14 heavy (non-hydrogen) atoms. The van der Waals surface area contributed by atoms with Crippen molar-refractivity contribution in [2.24, 2.45) is 0 Å². The molecule has 1 aromatic rings. The first-order valence-corrected chi connectivity index (χ1v) is 4.42. The number of benzene rings is 1. The fourth-order valence-electron chi connectivity index (χ4n) is 1.55. The summed E-state index contributed by atoms with van der Waals surface area (Å²) in [5.74, 6) is 0.00491. The Morgan fingerprint density at radius 3 is 2.71 bits per heavy atom. The fourth-order valence-corrected chi connectivity index (χ4v) is 1.55. The zero-order valence-corrected chi connectivity index (χ0v) is 7.53. The number of phenols is 1. The van der Waals surface area contributed by atoms with Gasteiger partial charge in [-0.2, -0.15) is 0 Å². The molecule has 1 aliphatic rings. The van der Waals surface area contributed by atoms with E-state index in [1.165, 1.54) is 18.2 Å². The molecule has 0 saturated carbocycles. The lowest BCUT2D eigenvalue weighted by atomic mass is 9.91. The van der Waals surface area contributed by atoms with Crippen LogP contribution < -0.4 is 5.32 Å². The van der Waals surface area contributed by atoms with E-state index < -0.39 is 5.72 Å². The number of rotatable bonds is 2. The van der Waals surface area contributed by atoms with Crippen LogP contribution in [-0.2, 0) is 5.72 Å². The van der Waals surface area contributed by atoms with Gasteiger partial charge in [-0.3, -0.25) is 10.1 Å². The van der Waals surface area contributed by atoms with Crippen molar-refractivity contribution >= 4 is 6.29 Å². The van der Waals surface area contributed by atoms with E-state index in [1.54, 1.807) is 0 Å². The zero-order chi connectivity index (χ0) is 10.2.